The topological polar surface area (TPSA) is 77.9 Å². The summed E-state index contributed by atoms with van der Waals surface area (Å²) in [5, 5.41) is 9.75. The molecule has 0 amide bonds. The van der Waals surface area contributed by atoms with Crippen LogP contribution in [0.4, 0.5) is 5.95 Å². The van der Waals surface area contributed by atoms with Crippen molar-refractivity contribution in [2.24, 2.45) is 0 Å². The van der Waals surface area contributed by atoms with Gasteiger partial charge in [-0.15, -0.1) is 9.78 Å². The number of aromatic nitrogens is 4. The van der Waals surface area contributed by atoms with Crippen LogP contribution in [0, 0.1) is 0 Å². The van der Waals surface area contributed by atoms with Crippen LogP contribution in [0.25, 0.3) is 15.5 Å². The summed E-state index contributed by atoms with van der Waals surface area (Å²) in [6.45, 7) is 0.0899. The minimum atomic E-state index is -0.0404. The Morgan fingerprint density at radius 2 is 1.72 bits per heavy atom. The van der Waals surface area contributed by atoms with E-state index in [1.54, 1.807) is 16.6 Å². The molecule has 6 nitrogen and oxygen atoms in total. The molecule has 2 aromatic carbocycles. The van der Waals surface area contributed by atoms with Crippen LogP contribution < -0.4 is 27.2 Å². The molecule has 0 aliphatic heterocycles. The normalized spacial score (nSPS) is 10.6. The Labute approximate surface area is 158 Å². The van der Waals surface area contributed by atoms with Crippen LogP contribution in [-0.2, 0) is 6.54 Å². The molecule has 25 heavy (non-hydrogen) atoms. The molecular formula is C17H14BrN5OS. The zero-order valence-electron chi connectivity index (χ0n) is 13.0. The molecular weight excluding hydrogens is 402 g/mol. The lowest BCUT2D eigenvalue weighted by Crippen LogP contribution is -3.00. The highest BCUT2D eigenvalue weighted by Crippen LogP contribution is 2.22. The van der Waals surface area contributed by atoms with Crippen molar-refractivity contribution < 1.29 is 26.3 Å². The number of carbonyl (C=O) groups excluding carboxylic acids is 1. The fraction of sp³-hybridized carbons (Fsp3) is 0.0588. The first-order chi connectivity index (χ1) is 11.7. The second kappa shape index (κ2) is 7.12. The number of anilines is 1. The average Bonchev–Trinajstić information content (AvgIpc) is 3.17. The number of Topliss-reactive ketones (excluding diaryl/α,β-unsaturated/α-hetero) is 1. The zero-order valence-corrected chi connectivity index (χ0v) is 15.4. The van der Waals surface area contributed by atoms with Gasteiger partial charge in [-0.1, -0.05) is 65.2 Å². The van der Waals surface area contributed by atoms with Crippen LogP contribution in [-0.4, -0.2) is 20.7 Å². The van der Waals surface area contributed by atoms with E-state index < -0.39 is 0 Å². The summed E-state index contributed by atoms with van der Waals surface area (Å²) in [5.41, 5.74) is 7.76. The molecule has 4 rings (SSSR count). The molecule has 0 saturated carbocycles. The molecule has 0 aliphatic carbocycles. The van der Waals surface area contributed by atoms with Crippen LogP contribution in [0.5, 0.6) is 0 Å². The number of benzene rings is 2. The van der Waals surface area contributed by atoms with Gasteiger partial charge in [-0.05, 0) is 11.3 Å². The Balaban J connectivity index is 0.00000182. The highest BCUT2D eigenvalue weighted by atomic mass is 79.9. The van der Waals surface area contributed by atoms with Crippen LogP contribution in [0.3, 0.4) is 0 Å². The summed E-state index contributed by atoms with van der Waals surface area (Å²) >= 11 is 1.44. The van der Waals surface area contributed by atoms with E-state index in [0.29, 0.717) is 16.5 Å². The highest BCUT2D eigenvalue weighted by Gasteiger charge is 2.23. The first-order valence-corrected chi connectivity index (χ1v) is 8.23. The molecule has 8 heteroatoms. The molecule has 0 fully saturated rings. The lowest BCUT2D eigenvalue weighted by atomic mass is 10.1. The number of rotatable bonds is 4. The van der Waals surface area contributed by atoms with Gasteiger partial charge in [0, 0.05) is 16.2 Å². The first kappa shape index (κ1) is 17.2. The summed E-state index contributed by atoms with van der Waals surface area (Å²) in [7, 11) is 0. The Kier molecular flexibility index (Phi) is 4.91. The minimum Gasteiger partial charge on any atom is -1.00 e. The van der Waals surface area contributed by atoms with Gasteiger partial charge < -0.3 is 22.7 Å². The number of ketones is 1. The number of nitrogens with two attached hydrogens (primary N) is 1. The third-order valence-electron chi connectivity index (χ3n) is 3.66. The summed E-state index contributed by atoms with van der Waals surface area (Å²) in [5.74, 6) is 0.300. The van der Waals surface area contributed by atoms with Gasteiger partial charge in [0.15, 0.2) is 17.3 Å². The van der Waals surface area contributed by atoms with E-state index in [2.05, 4.69) is 10.2 Å². The smallest absolute Gasteiger partial charge is 0.367 e. The van der Waals surface area contributed by atoms with Gasteiger partial charge in [-0.3, -0.25) is 4.79 Å². The van der Waals surface area contributed by atoms with Crippen molar-refractivity contribution >= 4 is 28.0 Å². The van der Waals surface area contributed by atoms with E-state index >= 15 is 0 Å². The maximum absolute atomic E-state index is 12.3. The highest BCUT2D eigenvalue weighted by molar-refractivity contribution is 7.19. The summed E-state index contributed by atoms with van der Waals surface area (Å²) < 4.78 is 3.06. The molecule has 2 N–H and O–H groups in total. The summed E-state index contributed by atoms with van der Waals surface area (Å²) in [6.07, 6.45) is 0. The Morgan fingerprint density at radius 1 is 1.08 bits per heavy atom. The quantitative estimate of drug-likeness (QED) is 0.350. The third kappa shape index (κ3) is 3.31. The van der Waals surface area contributed by atoms with Crippen molar-refractivity contribution in [1.82, 2.24) is 14.9 Å². The summed E-state index contributed by atoms with van der Waals surface area (Å²) in [4.78, 5) is 13.0. The monoisotopic (exact) mass is 415 g/mol. The van der Waals surface area contributed by atoms with Crippen molar-refractivity contribution in [2.75, 3.05) is 5.73 Å². The summed E-state index contributed by atoms with van der Waals surface area (Å²) in [6, 6.07) is 19.0. The third-order valence-corrected chi connectivity index (χ3v) is 4.61. The number of carbonyl (C=O) groups is 1. The maximum Gasteiger partial charge on any atom is 0.367 e. The standard InChI is InChI=1S/C17H13N5OS.BrH/c18-16-21(11-14(23)12-7-3-1-4-8-12)20-17-22(16)19-15(24-17)13-9-5-2-6-10-13;/h1-10,18H,11H2;1H. The van der Waals surface area contributed by atoms with Gasteiger partial charge in [-0.2, -0.15) is 0 Å². The predicted molar refractivity (Wildman–Crippen MR) is 91.7 cm³/mol. The number of hydrogen-bond acceptors (Lipinski definition) is 5. The van der Waals surface area contributed by atoms with E-state index in [1.807, 2.05) is 48.5 Å². The number of halogens is 1. The molecule has 0 unspecified atom stereocenters. The van der Waals surface area contributed by atoms with Gasteiger partial charge in [-0.25, -0.2) is 0 Å². The van der Waals surface area contributed by atoms with E-state index in [4.69, 9.17) is 5.73 Å². The molecule has 4 aromatic rings. The minimum absolute atomic E-state index is 0. The molecule has 0 aliphatic rings. The molecule has 2 heterocycles. The number of fused-ring (bicyclic) bond motifs is 1. The van der Waals surface area contributed by atoms with Crippen molar-refractivity contribution in [1.29, 1.82) is 0 Å². The Bertz CT molecular complexity index is 1010. The average molecular weight is 416 g/mol. The largest absolute Gasteiger partial charge is 1.00 e. The molecule has 126 valence electrons. The van der Waals surface area contributed by atoms with Gasteiger partial charge in [0.05, 0.1) is 0 Å². The van der Waals surface area contributed by atoms with Crippen LogP contribution in [0.15, 0.2) is 60.7 Å². The lowest BCUT2D eigenvalue weighted by molar-refractivity contribution is -0.560. The van der Waals surface area contributed by atoms with Crippen molar-refractivity contribution in [3.63, 3.8) is 0 Å². The Hall–Kier alpha value is -2.58. The Morgan fingerprint density at radius 3 is 2.36 bits per heavy atom. The van der Waals surface area contributed by atoms with Crippen molar-refractivity contribution in [2.45, 2.75) is 6.54 Å². The first-order valence-electron chi connectivity index (χ1n) is 7.41. The molecule has 0 atom stereocenters. The number of nitrogens with zero attached hydrogens (tertiary/aromatic N) is 4. The lowest BCUT2D eigenvalue weighted by Gasteiger charge is -1.97. The second-order valence-corrected chi connectivity index (χ2v) is 6.23. The molecule has 0 bridgehead atoms. The second-order valence-electron chi connectivity index (χ2n) is 5.27. The van der Waals surface area contributed by atoms with Crippen LogP contribution in [0.1, 0.15) is 10.4 Å². The van der Waals surface area contributed by atoms with E-state index in [1.165, 1.54) is 16.0 Å². The fourth-order valence-electron chi connectivity index (χ4n) is 2.42. The molecule has 0 saturated heterocycles. The zero-order chi connectivity index (χ0) is 16.5. The van der Waals surface area contributed by atoms with Gasteiger partial charge in [0.25, 0.3) is 0 Å². The van der Waals surface area contributed by atoms with Gasteiger partial charge >= 0.3 is 10.9 Å². The van der Waals surface area contributed by atoms with Crippen LogP contribution in [0.2, 0.25) is 0 Å². The molecule has 0 spiro atoms. The van der Waals surface area contributed by atoms with Crippen molar-refractivity contribution in [3.8, 4) is 10.6 Å². The van der Waals surface area contributed by atoms with Crippen molar-refractivity contribution in [3.05, 3.63) is 66.2 Å². The number of nitrogen functional groups attached to an aromatic ring is 1. The van der Waals surface area contributed by atoms with E-state index in [0.717, 1.165) is 10.6 Å². The molecule has 0 radical (unpaired) electrons. The molecule has 2 aromatic heterocycles. The SMILES string of the molecule is Nc1n(CC(=O)c2ccccc2)nc2sc(-c3ccccc3)n[n+]12.[Br-]. The van der Waals surface area contributed by atoms with Gasteiger partial charge in [0.1, 0.15) is 0 Å². The van der Waals surface area contributed by atoms with E-state index in [-0.39, 0.29) is 29.3 Å². The van der Waals surface area contributed by atoms with E-state index in [9.17, 15) is 4.79 Å². The number of hydrogen-bond donors (Lipinski definition) is 1. The fourth-order valence-corrected chi connectivity index (χ4v) is 3.33. The van der Waals surface area contributed by atoms with Gasteiger partial charge in [0.2, 0.25) is 0 Å². The maximum atomic E-state index is 12.3. The predicted octanol–water partition coefficient (Wildman–Crippen LogP) is -0.786. The van der Waals surface area contributed by atoms with Crippen LogP contribution >= 0.6 is 11.3 Å².